The van der Waals surface area contributed by atoms with Gasteiger partial charge in [0, 0.05) is 11.4 Å². The van der Waals surface area contributed by atoms with Crippen LogP contribution in [0.3, 0.4) is 0 Å². The molecule has 8 heteroatoms. The molecule has 0 radical (unpaired) electrons. The van der Waals surface area contributed by atoms with E-state index in [-0.39, 0.29) is 17.7 Å². The van der Waals surface area contributed by atoms with Crippen LogP contribution in [-0.4, -0.2) is 51.5 Å². The average Bonchev–Trinajstić information content (AvgIpc) is 3.54. The third-order valence-corrected chi connectivity index (χ3v) is 7.94. The number of nitrogens with zero attached hydrogens (tertiary/aromatic N) is 4. The van der Waals surface area contributed by atoms with Gasteiger partial charge in [-0.15, -0.1) is 10.2 Å². The van der Waals surface area contributed by atoms with Crippen LogP contribution in [0.1, 0.15) is 55.6 Å². The van der Waals surface area contributed by atoms with E-state index in [1.165, 1.54) is 48.6 Å². The number of benzene rings is 2. The third-order valence-electron chi connectivity index (χ3n) is 7.02. The molecule has 0 unspecified atom stereocenters. The predicted octanol–water partition coefficient (Wildman–Crippen LogP) is 5.04. The Balaban J connectivity index is 1.34. The van der Waals surface area contributed by atoms with Gasteiger partial charge in [-0.1, -0.05) is 24.2 Å². The Kier molecular flexibility index (Phi) is 7.39. The summed E-state index contributed by atoms with van der Waals surface area (Å²) in [5.74, 6) is 1.93. The lowest BCUT2D eigenvalue weighted by Crippen LogP contribution is -2.33. The zero-order valence-electron chi connectivity index (χ0n) is 20.5. The molecular weight excluding hydrogens is 458 g/mol. The zero-order chi connectivity index (χ0) is 24.2. The molecule has 1 aliphatic heterocycles. The van der Waals surface area contributed by atoms with Crippen molar-refractivity contribution in [2.24, 2.45) is 0 Å². The summed E-state index contributed by atoms with van der Waals surface area (Å²) in [6.07, 6.45) is 7.14. The Morgan fingerprint density at radius 2 is 1.80 bits per heavy atom. The summed E-state index contributed by atoms with van der Waals surface area (Å²) in [4.78, 5) is 15.3. The molecule has 5 rings (SSSR count). The van der Waals surface area contributed by atoms with Crippen molar-refractivity contribution in [1.29, 1.82) is 0 Å². The van der Waals surface area contributed by atoms with Crippen molar-refractivity contribution in [1.82, 2.24) is 19.7 Å². The van der Waals surface area contributed by atoms with Gasteiger partial charge in [0.1, 0.15) is 5.75 Å². The summed E-state index contributed by atoms with van der Waals surface area (Å²) in [5, 5.41) is 12.9. The van der Waals surface area contributed by atoms with Crippen LogP contribution in [0, 0.1) is 0 Å². The van der Waals surface area contributed by atoms with E-state index in [9.17, 15) is 4.79 Å². The van der Waals surface area contributed by atoms with Gasteiger partial charge in [-0.25, -0.2) is 0 Å². The van der Waals surface area contributed by atoms with Gasteiger partial charge in [-0.05, 0) is 99.6 Å². The Hall–Kier alpha value is -2.84. The number of ether oxygens (including phenoxy) is 1. The maximum absolute atomic E-state index is 12.8. The molecule has 0 spiro atoms. The van der Waals surface area contributed by atoms with Crippen LogP contribution in [0.5, 0.6) is 5.75 Å². The van der Waals surface area contributed by atoms with Crippen LogP contribution >= 0.6 is 11.8 Å². The van der Waals surface area contributed by atoms with E-state index in [1.54, 1.807) is 7.11 Å². The van der Waals surface area contributed by atoms with Crippen LogP contribution in [0.25, 0.3) is 5.69 Å². The Bertz CT molecular complexity index is 1170. The molecule has 2 heterocycles. The molecule has 1 aromatic heterocycles. The van der Waals surface area contributed by atoms with Gasteiger partial charge < -0.3 is 10.1 Å². The smallest absolute Gasteiger partial charge is 0.234 e. The SMILES string of the molecule is COc1ccc(-n2c(SCC(=O)Nc3ccc4c(c3)CCC4)nnc2[C@H](C)N2CCCCC2)cc1. The highest BCUT2D eigenvalue weighted by molar-refractivity contribution is 7.99. The molecular formula is C27H33N5O2S. The quantitative estimate of drug-likeness (QED) is 0.445. The fourth-order valence-electron chi connectivity index (χ4n) is 5.06. The number of rotatable bonds is 8. The second kappa shape index (κ2) is 10.8. The minimum Gasteiger partial charge on any atom is -0.497 e. The van der Waals surface area contributed by atoms with Gasteiger partial charge >= 0.3 is 0 Å². The molecule has 1 N–H and O–H groups in total. The van der Waals surface area contributed by atoms with E-state index < -0.39 is 0 Å². The highest BCUT2D eigenvalue weighted by Crippen LogP contribution is 2.30. The number of likely N-dealkylation sites (tertiary alicyclic amines) is 1. The number of carbonyl (C=O) groups is 1. The van der Waals surface area contributed by atoms with E-state index in [0.29, 0.717) is 0 Å². The number of amides is 1. The topological polar surface area (TPSA) is 72.3 Å². The molecule has 184 valence electrons. The molecule has 35 heavy (non-hydrogen) atoms. The fourth-order valence-corrected chi connectivity index (χ4v) is 5.82. The highest BCUT2D eigenvalue weighted by atomic mass is 32.2. The zero-order valence-corrected chi connectivity index (χ0v) is 21.3. The normalized spacial score (nSPS) is 16.6. The molecule has 1 amide bonds. The molecule has 1 saturated heterocycles. The van der Waals surface area contributed by atoms with Crippen LogP contribution in [0.15, 0.2) is 47.6 Å². The number of aryl methyl sites for hydroxylation is 2. The van der Waals surface area contributed by atoms with Gasteiger partial charge in [0.05, 0.1) is 18.9 Å². The van der Waals surface area contributed by atoms with E-state index >= 15 is 0 Å². The van der Waals surface area contributed by atoms with Crippen LogP contribution in [0.2, 0.25) is 0 Å². The van der Waals surface area contributed by atoms with Crippen LogP contribution in [0.4, 0.5) is 5.69 Å². The van der Waals surface area contributed by atoms with Crippen LogP contribution < -0.4 is 10.1 Å². The Morgan fingerprint density at radius 1 is 1.03 bits per heavy atom. The maximum atomic E-state index is 12.8. The van der Waals surface area contributed by atoms with Gasteiger partial charge in [0.2, 0.25) is 5.91 Å². The molecule has 1 atom stereocenters. The summed E-state index contributed by atoms with van der Waals surface area (Å²) < 4.78 is 7.44. The van der Waals surface area contributed by atoms with Crippen molar-refractivity contribution in [3.63, 3.8) is 0 Å². The summed E-state index contributed by atoms with van der Waals surface area (Å²) in [7, 11) is 1.67. The average molecular weight is 492 g/mol. The van der Waals surface area contributed by atoms with Gasteiger partial charge in [-0.2, -0.15) is 0 Å². The van der Waals surface area contributed by atoms with Crippen molar-refractivity contribution >= 4 is 23.4 Å². The lowest BCUT2D eigenvalue weighted by atomic mass is 10.1. The second-order valence-corrected chi connectivity index (χ2v) is 10.3. The number of carbonyl (C=O) groups excluding carboxylic acids is 1. The minimum absolute atomic E-state index is 0.0390. The first kappa shape index (κ1) is 23.9. The molecule has 7 nitrogen and oxygen atoms in total. The van der Waals surface area contributed by atoms with E-state index in [1.807, 2.05) is 30.3 Å². The number of anilines is 1. The van der Waals surface area contributed by atoms with Crippen LogP contribution in [-0.2, 0) is 17.6 Å². The molecule has 0 saturated carbocycles. The van der Waals surface area contributed by atoms with E-state index in [2.05, 4.69) is 44.0 Å². The summed E-state index contributed by atoms with van der Waals surface area (Å²) >= 11 is 1.42. The standard InChI is InChI=1S/C27H33N5O2S/c1-19(31-15-4-3-5-16-31)26-29-30-27(32(26)23-11-13-24(34-2)14-12-23)35-18-25(33)28-22-10-9-20-7-6-8-21(20)17-22/h9-14,17,19H,3-8,15-16,18H2,1-2H3,(H,28,33)/t19-/m0/s1. The number of piperidine rings is 1. The van der Waals surface area contributed by atoms with E-state index in [0.717, 1.165) is 54.0 Å². The molecule has 1 fully saturated rings. The monoisotopic (exact) mass is 491 g/mol. The van der Waals surface area contributed by atoms with Gasteiger partial charge in [0.25, 0.3) is 0 Å². The Morgan fingerprint density at radius 3 is 2.57 bits per heavy atom. The number of hydrogen-bond acceptors (Lipinski definition) is 6. The first-order valence-corrected chi connectivity index (χ1v) is 13.5. The lowest BCUT2D eigenvalue weighted by Gasteiger charge is -2.31. The minimum atomic E-state index is -0.0390. The molecule has 3 aromatic rings. The number of hydrogen-bond donors (Lipinski definition) is 1. The summed E-state index contributed by atoms with van der Waals surface area (Å²) in [5.41, 5.74) is 4.59. The number of aromatic nitrogens is 3. The molecule has 1 aliphatic carbocycles. The summed E-state index contributed by atoms with van der Waals surface area (Å²) in [6, 6.07) is 14.3. The van der Waals surface area contributed by atoms with Gasteiger partial charge in [-0.3, -0.25) is 14.3 Å². The molecule has 2 aromatic carbocycles. The van der Waals surface area contributed by atoms with E-state index in [4.69, 9.17) is 4.74 Å². The van der Waals surface area contributed by atoms with Crippen molar-refractivity contribution < 1.29 is 9.53 Å². The van der Waals surface area contributed by atoms with Gasteiger partial charge in [0.15, 0.2) is 11.0 Å². The number of nitrogens with one attached hydrogen (secondary N) is 1. The number of thioether (sulfide) groups is 1. The third kappa shape index (κ3) is 5.38. The van der Waals surface area contributed by atoms with Crippen molar-refractivity contribution in [2.75, 3.05) is 31.3 Å². The van der Waals surface area contributed by atoms with Crippen molar-refractivity contribution in [2.45, 2.75) is 56.6 Å². The predicted molar refractivity (Wildman–Crippen MR) is 140 cm³/mol. The number of methoxy groups -OCH3 is 1. The summed E-state index contributed by atoms with van der Waals surface area (Å²) in [6.45, 7) is 4.34. The second-order valence-electron chi connectivity index (χ2n) is 9.32. The van der Waals surface area contributed by atoms with Crippen molar-refractivity contribution in [3.05, 3.63) is 59.4 Å². The fraction of sp³-hybridized carbons (Fsp3) is 0.444. The lowest BCUT2D eigenvalue weighted by molar-refractivity contribution is -0.113. The highest BCUT2D eigenvalue weighted by Gasteiger charge is 2.26. The van der Waals surface area contributed by atoms with Crippen molar-refractivity contribution in [3.8, 4) is 11.4 Å². The maximum Gasteiger partial charge on any atom is 0.234 e. The largest absolute Gasteiger partial charge is 0.497 e. The Labute approximate surface area is 211 Å². The first-order valence-electron chi connectivity index (χ1n) is 12.5. The number of fused-ring (bicyclic) bond motifs is 1. The first-order chi connectivity index (χ1) is 17.1. The molecule has 2 aliphatic rings. The molecule has 0 bridgehead atoms.